The first kappa shape index (κ1) is 22.5. The van der Waals surface area contributed by atoms with Crippen molar-refractivity contribution in [3.05, 3.63) is 51.6 Å². The second-order valence-electron chi connectivity index (χ2n) is 1.89. The van der Waals surface area contributed by atoms with E-state index in [0.29, 0.717) is 0 Å². The van der Waals surface area contributed by atoms with E-state index in [-0.39, 0.29) is 44.0 Å². The van der Waals surface area contributed by atoms with Crippen LogP contribution in [0.5, 0.6) is 0 Å². The summed E-state index contributed by atoms with van der Waals surface area (Å²) >= 11 is 0. The van der Waals surface area contributed by atoms with Crippen LogP contribution in [0.1, 0.15) is 11.1 Å². The first-order valence-electron chi connectivity index (χ1n) is 2.49. The van der Waals surface area contributed by atoms with Gasteiger partial charge in [0.05, 0.1) is 0 Å². The summed E-state index contributed by atoms with van der Waals surface area (Å²) in [6.07, 6.45) is 0. The van der Waals surface area contributed by atoms with Crippen LogP contribution in [0.3, 0.4) is 0 Å². The van der Waals surface area contributed by atoms with E-state index in [0.717, 1.165) is 0 Å². The molecular formula is C10H18Ti. The fourth-order valence-corrected chi connectivity index (χ4v) is 0.600. The van der Waals surface area contributed by atoms with Crippen molar-refractivity contribution in [2.45, 2.75) is 13.8 Å². The molecule has 62 valence electrons. The van der Waals surface area contributed by atoms with Crippen LogP contribution in [-0.2, 0) is 21.7 Å². The molecule has 0 aromatic heterocycles. The molecule has 0 fully saturated rings. The standard InChI is InChI=1S/C7H9.3CH3.Ti/c1-6-4-3-5-7(6)2;;;;/h3-5H,1-2H3;3*1H3;/q4*-1;+4. The molecule has 0 N–H and O–H groups in total. The first-order valence-corrected chi connectivity index (χ1v) is 2.49. The van der Waals surface area contributed by atoms with Crippen LogP contribution in [0.25, 0.3) is 0 Å². The zero-order chi connectivity index (χ0) is 5.28. The third kappa shape index (κ3) is 6.46. The Morgan fingerprint density at radius 3 is 1.73 bits per heavy atom. The van der Waals surface area contributed by atoms with Crippen molar-refractivity contribution in [1.82, 2.24) is 0 Å². The molecular weight excluding hydrogens is 168 g/mol. The topological polar surface area (TPSA) is 0 Å². The van der Waals surface area contributed by atoms with Crippen LogP contribution in [0.2, 0.25) is 0 Å². The van der Waals surface area contributed by atoms with Crippen molar-refractivity contribution >= 4 is 0 Å². The number of aryl methyl sites for hydroxylation is 2. The molecule has 0 amide bonds. The molecule has 0 spiro atoms. The minimum atomic E-state index is 0. The fraction of sp³-hybridized carbons (Fsp3) is 0.200. The largest absolute Gasteiger partial charge is 4.00 e. The van der Waals surface area contributed by atoms with Gasteiger partial charge in [0.1, 0.15) is 0 Å². The summed E-state index contributed by atoms with van der Waals surface area (Å²) < 4.78 is 0. The fourth-order valence-electron chi connectivity index (χ4n) is 0.600. The first-order chi connectivity index (χ1) is 3.30. The SMILES string of the molecule is Cc1ccc[c-]1C.[CH3-].[CH3-].[CH3-].[Ti+4]. The van der Waals surface area contributed by atoms with E-state index in [2.05, 4.69) is 32.0 Å². The van der Waals surface area contributed by atoms with Crippen molar-refractivity contribution in [3.63, 3.8) is 0 Å². The molecule has 0 heterocycles. The van der Waals surface area contributed by atoms with Crippen LogP contribution in [0, 0.1) is 36.1 Å². The van der Waals surface area contributed by atoms with E-state index in [1.165, 1.54) is 11.1 Å². The summed E-state index contributed by atoms with van der Waals surface area (Å²) in [6, 6.07) is 6.31. The molecule has 0 saturated heterocycles. The minimum absolute atomic E-state index is 0. The Morgan fingerprint density at radius 2 is 1.64 bits per heavy atom. The van der Waals surface area contributed by atoms with Crippen molar-refractivity contribution in [1.29, 1.82) is 0 Å². The number of rotatable bonds is 0. The molecule has 1 aromatic carbocycles. The summed E-state index contributed by atoms with van der Waals surface area (Å²) in [4.78, 5) is 0. The zero-order valence-corrected chi connectivity index (χ0v) is 9.79. The Labute approximate surface area is 87.3 Å². The van der Waals surface area contributed by atoms with Crippen LogP contribution in [0.4, 0.5) is 0 Å². The maximum absolute atomic E-state index is 2.12. The molecule has 0 nitrogen and oxygen atoms in total. The maximum Gasteiger partial charge on any atom is 4.00 e. The van der Waals surface area contributed by atoms with Gasteiger partial charge in [0.15, 0.2) is 0 Å². The van der Waals surface area contributed by atoms with Gasteiger partial charge >= 0.3 is 21.7 Å². The van der Waals surface area contributed by atoms with E-state index in [9.17, 15) is 0 Å². The van der Waals surface area contributed by atoms with Gasteiger partial charge in [-0.25, -0.2) is 12.1 Å². The second-order valence-corrected chi connectivity index (χ2v) is 1.89. The van der Waals surface area contributed by atoms with Gasteiger partial charge in [-0.1, -0.05) is 13.8 Å². The summed E-state index contributed by atoms with van der Waals surface area (Å²) in [5.41, 5.74) is 2.78. The van der Waals surface area contributed by atoms with Crippen molar-refractivity contribution in [2.24, 2.45) is 0 Å². The Kier molecular flexibility index (Phi) is 20.5. The van der Waals surface area contributed by atoms with Gasteiger partial charge in [-0.3, -0.25) is 0 Å². The third-order valence-electron chi connectivity index (χ3n) is 1.31. The summed E-state index contributed by atoms with van der Waals surface area (Å²) in [5.74, 6) is 0. The van der Waals surface area contributed by atoms with Crippen molar-refractivity contribution < 1.29 is 21.7 Å². The van der Waals surface area contributed by atoms with E-state index in [1.807, 2.05) is 0 Å². The van der Waals surface area contributed by atoms with Crippen molar-refractivity contribution in [2.75, 3.05) is 0 Å². The Morgan fingerprint density at radius 1 is 1.18 bits per heavy atom. The normalized spacial score (nSPS) is 6.00. The Balaban J connectivity index is -0.0000000612. The molecule has 0 unspecified atom stereocenters. The molecule has 0 aliphatic heterocycles. The van der Waals surface area contributed by atoms with Crippen LogP contribution < -0.4 is 0 Å². The maximum atomic E-state index is 2.12. The summed E-state index contributed by atoms with van der Waals surface area (Å²) in [7, 11) is 0. The van der Waals surface area contributed by atoms with Crippen molar-refractivity contribution in [3.8, 4) is 0 Å². The summed E-state index contributed by atoms with van der Waals surface area (Å²) in [5, 5.41) is 0. The smallest absolute Gasteiger partial charge is 0.358 e. The van der Waals surface area contributed by atoms with E-state index < -0.39 is 0 Å². The van der Waals surface area contributed by atoms with E-state index >= 15 is 0 Å². The number of hydrogen-bond acceptors (Lipinski definition) is 0. The predicted molar refractivity (Wildman–Crippen MR) is 50.8 cm³/mol. The zero-order valence-electron chi connectivity index (χ0n) is 8.23. The van der Waals surface area contributed by atoms with Gasteiger partial charge in [-0.2, -0.15) is 17.2 Å². The van der Waals surface area contributed by atoms with E-state index in [1.54, 1.807) is 0 Å². The monoisotopic (exact) mass is 186 g/mol. The van der Waals surface area contributed by atoms with Crippen LogP contribution >= 0.6 is 0 Å². The quantitative estimate of drug-likeness (QED) is 0.430. The van der Waals surface area contributed by atoms with Crippen LogP contribution in [-0.4, -0.2) is 0 Å². The van der Waals surface area contributed by atoms with Gasteiger partial charge in [0, 0.05) is 0 Å². The predicted octanol–water partition coefficient (Wildman–Crippen LogP) is 3.37. The molecule has 1 heteroatoms. The van der Waals surface area contributed by atoms with Gasteiger partial charge < -0.3 is 22.3 Å². The molecule has 0 bridgehead atoms. The van der Waals surface area contributed by atoms with Crippen LogP contribution in [0.15, 0.2) is 18.2 Å². The van der Waals surface area contributed by atoms with E-state index in [4.69, 9.17) is 0 Å². The molecule has 0 saturated carbocycles. The van der Waals surface area contributed by atoms with Gasteiger partial charge in [0.25, 0.3) is 0 Å². The molecule has 1 rings (SSSR count). The number of hydrogen-bond donors (Lipinski definition) is 0. The molecule has 0 atom stereocenters. The molecule has 0 radical (unpaired) electrons. The Hall–Kier alpha value is 0.0643. The average molecular weight is 186 g/mol. The molecule has 1 aromatic rings. The molecule has 0 aliphatic rings. The third-order valence-corrected chi connectivity index (χ3v) is 1.31. The average Bonchev–Trinajstić information content (AvgIpc) is 1.91. The molecule has 11 heavy (non-hydrogen) atoms. The summed E-state index contributed by atoms with van der Waals surface area (Å²) in [6.45, 7) is 4.24. The minimum Gasteiger partial charge on any atom is -0.358 e. The van der Waals surface area contributed by atoms with Gasteiger partial charge in [-0.15, -0.1) is 0 Å². The second kappa shape index (κ2) is 10.1. The van der Waals surface area contributed by atoms with Gasteiger partial charge in [0.2, 0.25) is 0 Å². The molecule has 0 aliphatic carbocycles. The van der Waals surface area contributed by atoms with Gasteiger partial charge in [-0.05, 0) is 0 Å². The Bertz CT molecular complexity index is 137.